The summed E-state index contributed by atoms with van der Waals surface area (Å²) in [5, 5.41) is 10.2. The monoisotopic (exact) mass is 269 g/mol. The molecule has 0 spiro atoms. The van der Waals surface area contributed by atoms with Gasteiger partial charge in [-0.05, 0) is 45.7 Å². The zero-order chi connectivity index (χ0) is 13.3. The van der Waals surface area contributed by atoms with Crippen LogP contribution in [0.15, 0.2) is 0 Å². The van der Waals surface area contributed by atoms with Crippen molar-refractivity contribution in [2.75, 3.05) is 26.3 Å². The van der Waals surface area contributed by atoms with Crippen LogP contribution < -0.4 is 0 Å². The molecule has 19 heavy (non-hydrogen) atoms. The van der Waals surface area contributed by atoms with Gasteiger partial charge in [0.15, 0.2) is 5.79 Å². The number of hydrogen-bond acceptors (Lipinski definition) is 4. The van der Waals surface area contributed by atoms with Crippen molar-refractivity contribution in [3.63, 3.8) is 0 Å². The molecular formula is C15H27NO3. The van der Waals surface area contributed by atoms with E-state index in [0.29, 0.717) is 12.0 Å². The molecule has 0 amide bonds. The van der Waals surface area contributed by atoms with Gasteiger partial charge in [0, 0.05) is 12.0 Å². The Morgan fingerprint density at radius 3 is 2.26 bits per heavy atom. The van der Waals surface area contributed by atoms with Gasteiger partial charge in [0.2, 0.25) is 0 Å². The number of hydrogen-bond donors (Lipinski definition) is 1. The van der Waals surface area contributed by atoms with Crippen LogP contribution in [0.4, 0.5) is 0 Å². The molecule has 1 saturated carbocycles. The minimum Gasteiger partial charge on any atom is -0.391 e. The standard InChI is InChI=1S/C15H27NO3/c1-15(18-10-11-19-15)12-6-8-16(9-7-12)13-4-2-3-5-14(13)17/h12-14,17H,2-11H2,1H3. The average molecular weight is 269 g/mol. The molecule has 3 fully saturated rings. The van der Waals surface area contributed by atoms with Crippen LogP contribution in [0.3, 0.4) is 0 Å². The van der Waals surface area contributed by atoms with Crippen molar-refractivity contribution in [3.05, 3.63) is 0 Å². The number of likely N-dealkylation sites (tertiary alicyclic amines) is 1. The lowest BCUT2D eigenvalue weighted by Gasteiger charge is -2.44. The molecule has 2 heterocycles. The zero-order valence-electron chi connectivity index (χ0n) is 12.0. The van der Waals surface area contributed by atoms with E-state index >= 15 is 0 Å². The third-order valence-corrected chi connectivity index (χ3v) is 5.29. The molecule has 2 unspecified atom stereocenters. The Morgan fingerprint density at radius 1 is 1.00 bits per heavy atom. The molecule has 4 nitrogen and oxygen atoms in total. The summed E-state index contributed by atoms with van der Waals surface area (Å²) in [6.45, 7) is 5.72. The zero-order valence-corrected chi connectivity index (χ0v) is 12.0. The van der Waals surface area contributed by atoms with Crippen molar-refractivity contribution in [1.29, 1.82) is 0 Å². The van der Waals surface area contributed by atoms with Gasteiger partial charge in [0.1, 0.15) is 0 Å². The van der Waals surface area contributed by atoms with Crippen LogP contribution in [0.5, 0.6) is 0 Å². The molecule has 4 heteroatoms. The summed E-state index contributed by atoms with van der Waals surface area (Å²) in [6, 6.07) is 0.396. The van der Waals surface area contributed by atoms with E-state index in [0.717, 1.165) is 52.0 Å². The van der Waals surface area contributed by atoms with Gasteiger partial charge < -0.3 is 14.6 Å². The molecule has 2 saturated heterocycles. The molecule has 2 aliphatic heterocycles. The van der Waals surface area contributed by atoms with Crippen molar-refractivity contribution < 1.29 is 14.6 Å². The van der Waals surface area contributed by atoms with Crippen molar-refractivity contribution in [2.24, 2.45) is 5.92 Å². The first-order chi connectivity index (χ1) is 9.19. The van der Waals surface area contributed by atoms with Crippen molar-refractivity contribution in [3.8, 4) is 0 Å². The Balaban J connectivity index is 1.54. The summed E-state index contributed by atoms with van der Waals surface area (Å²) in [5.41, 5.74) is 0. The summed E-state index contributed by atoms with van der Waals surface area (Å²) in [5.74, 6) is 0.157. The summed E-state index contributed by atoms with van der Waals surface area (Å²) in [4.78, 5) is 2.50. The van der Waals surface area contributed by atoms with E-state index < -0.39 is 0 Å². The van der Waals surface area contributed by atoms with Gasteiger partial charge in [-0.15, -0.1) is 0 Å². The molecule has 110 valence electrons. The van der Waals surface area contributed by atoms with E-state index in [-0.39, 0.29) is 11.9 Å². The van der Waals surface area contributed by atoms with Gasteiger partial charge in [0.05, 0.1) is 19.3 Å². The van der Waals surface area contributed by atoms with E-state index in [9.17, 15) is 5.11 Å². The third-order valence-electron chi connectivity index (χ3n) is 5.29. The predicted molar refractivity (Wildman–Crippen MR) is 72.9 cm³/mol. The van der Waals surface area contributed by atoms with E-state index in [1.54, 1.807) is 0 Å². The molecule has 1 N–H and O–H groups in total. The van der Waals surface area contributed by atoms with Crippen LogP contribution in [0.1, 0.15) is 45.4 Å². The van der Waals surface area contributed by atoms with Gasteiger partial charge in [0.25, 0.3) is 0 Å². The molecule has 0 aromatic carbocycles. The van der Waals surface area contributed by atoms with Crippen LogP contribution >= 0.6 is 0 Å². The lowest BCUT2D eigenvalue weighted by Crippen LogP contribution is -2.51. The Labute approximate surface area is 116 Å². The maximum Gasteiger partial charge on any atom is 0.168 e. The maximum absolute atomic E-state index is 10.2. The fourth-order valence-electron chi connectivity index (χ4n) is 4.04. The number of aliphatic hydroxyl groups excluding tert-OH is 1. The van der Waals surface area contributed by atoms with Crippen molar-refractivity contribution in [1.82, 2.24) is 4.90 Å². The van der Waals surface area contributed by atoms with Gasteiger partial charge >= 0.3 is 0 Å². The quantitative estimate of drug-likeness (QED) is 0.829. The molecule has 0 bridgehead atoms. The van der Waals surface area contributed by atoms with Crippen molar-refractivity contribution >= 4 is 0 Å². The van der Waals surface area contributed by atoms with Gasteiger partial charge in [-0.25, -0.2) is 0 Å². The van der Waals surface area contributed by atoms with E-state index in [1.807, 2.05) is 0 Å². The molecule has 2 atom stereocenters. The highest BCUT2D eigenvalue weighted by atomic mass is 16.7. The van der Waals surface area contributed by atoms with Gasteiger partial charge in [-0.1, -0.05) is 12.8 Å². The summed E-state index contributed by atoms with van der Waals surface area (Å²) in [7, 11) is 0. The van der Waals surface area contributed by atoms with E-state index in [2.05, 4.69) is 11.8 Å². The lowest BCUT2D eigenvalue weighted by molar-refractivity contribution is -0.192. The average Bonchev–Trinajstić information content (AvgIpc) is 2.88. The first-order valence-electron chi connectivity index (χ1n) is 7.89. The Morgan fingerprint density at radius 2 is 1.63 bits per heavy atom. The van der Waals surface area contributed by atoms with Crippen LogP contribution in [-0.2, 0) is 9.47 Å². The number of rotatable bonds is 2. The fraction of sp³-hybridized carbons (Fsp3) is 1.00. The number of piperidine rings is 1. The summed E-state index contributed by atoms with van der Waals surface area (Å²) < 4.78 is 11.6. The minimum absolute atomic E-state index is 0.111. The summed E-state index contributed by atoms with van der Waals surface area (Å²) >= 11 is 0. The number of aliphatic hydroxyl groups is 1. The highest BCUT2D eigenvalue weighted by molar-refractivity contribution is 4.89. The first kappa shape index (κ1) is 13.8. The van der Waals surface area contributed by atoms with E-state index in [4.69, 9.17) is 9.47 Å². The van der Waals surface area contributed by atoms with Crippen LogP contribution in [0.25, 0.3) is 0 Å². The lowest BCUT2D eigenvalue weighted by atomic mass is 9.85. The van der Waals surface area contributed by atoms with Crippen molar-refractivity contribution in [2.45, 2.75) is 63.4 Å². The molecule has 0 radical (unpaired) electrons. The fourth-order valence-corrected chi connectivity index (χ4v) is 4.04. The summed E-state index contributed by atoms with van der Waals surface area (Å²) in [6.07, 6.45) is 6.74. The smallest absolute Gasteiger partial charge is 0.168 e. The second-order valence-electron chi connectivity index (χ2n) is 6.44. The second kappa shape index (κ2) is 5.68. The van der Waals surface area contributed by atoms with Gasteiger partial charge in [-0.3, -0.25) is 4.90 Å². The normalized spacial score (nSPS) is 37.6. The van der Waals surface area contributed by atoms with Crippen LogP contribution in [-0.4, -0.2) is 54.2 Å². The third kappa shape index (κ3) is 2.82. The maximum atomic E-state index is 10.2. The molecular weight excluding hydrogens is 242 g/mol. The van der Waals surface area contributed by atoms with Gasteiger partial charge in [-0.2, -0.15) is 0 Å². The number of nitrogens with zero attached hydrogens (tertiary/aromatic N) is 1. The highest BCUT2D eigenvalue weighted by Crippen LogP contribution is 2.36. The molecule has 3 aliphatic rings. The predicted octanol–water partition coefficient (Wildman–Crippen LogP) is 1.76. The molecule has 3 rings (SSSR count). The second-order valence-corrected chi connectivity index (χ2v) is 6.44. The molecule has 0 aromatic heterocycles. The topological polar surface area (TPSA) is 41.9 Å². The highest BCUT2D eigenvalue weighted by Gasteiger charge is 2.42. The van der Waals surface area contributed by atoms with Crippen LogP contribution in [0, 0.1) is 5.92 Å². The largest absolute Gasteiger partial charge is 0.391 e. The van der Waals surface area contributed by atoms with E-state index in [1.165, 1.54) is 12.8 Å². The minimum atomic E-state index is -0.350. The molecule has 1 aliphatic carbocycles. The Kier molecular flexibility index (Phi) is 4.13. The van der Waals surface area contributed by atoms with Crippen LogP contribution in [0.2, 0.25) is 0 Å². The molecule has 0 aromatic rings. The Hall–Kier alpha value is -0.160. The first-order valence-corrected chi connectivity index (χ1v) is 7.89. The Bertz CT molecular complexity index is 296. The number of ether oxygens (including phenoxy) is 2. The SMILES string of the molecule is CC1(C2CCN(C3CCCCC3O)CC2)OCCO1.